The number of carboxylic acid groups (broad SMARTS) is 1. The third-order valence-corrected chi connectivity index (χ3v) is 3.50. The lowest BCUT2D eigenvalue weighted by Gasteiger charge is -2.15. The number of rotatable bonds is 7. The summed E-state index contributed by atoms with van der Waals surface area (Å²) >= 11 is 0. The van der Waals surface area contributed by atoms with Gasteiger partial charge in [0.25, 0.3) is 0 Å². The Labute approximate surface area is 118 Å². The SMILES string of the molecule is COCCNC(=O)CNC(=O)C1CC(C)CC1C(=O)O. The predicted molar refractivity (Wildman–Crippen MR) is 70.9 cm³/mol. The summed E-state index contributed by atoms with van der Waals surface area (Å²) in [5.74, 6) is -2.60. The first-order chi connectivity index (χ1) is 9.45. The Morgan fingerprint density at radius 2 is 1.85 bits per heavy atom. The molecule has 0 aromatic rings. The zero-order valence-corrected chi connectivity index (χ0v) is 11.8. The van der Waals surface area contributed by atoms with Crippen molar-refractivity contribution >= 4 is 17.8 Å². The maximum Gasteiger partial charge on any atom is 0.307 e. The topological polar surface area (TPSA) is 105 Å². The monoisotopic (exact) mass is 286 g/mol. The van der Waals surface area contributed by atoms with Gasteiger partial charge in [-0.15, -0.1) is 0 Å². The fourth-order valence-corrected chi connectivity index (χ4v) is 2.51. The van der Waals surface area contributed by atoms with Crippen molar-refractivity contribution in [1.29, 1.82) is 0 Å². The Kier molecular flexibility index (Phi) is 6.44. The Morgan fingerprint density at radius 3 is 2.45 bits per heavy atom. The number of hydrogen-bond donors (Lipinski definition) is 3. The highest BCUT2D eigenvalue weighted by atomic mass is 16.5. The summed E-state index contributed by atoms with van der Waals surface area (Å²) in [6, 6.07) is 0. The van der Waals surface area contributed by atoms with Gasteiger partial charge in [-0.25, -0.2) is 0 Å². The maximum absolute atomic E-state index is 12.0. The lowest BCUT2D eigenvalue weighted by Crippen LogP contribution is -2.42. The van der Waals surface area contributed by atoms with E-state index < -0.39 is 17.8 Å². The van der Waals surface area contributed by atoms with E-state index in [1.807, 2.05) is 6.92 Å². The average Bonchev–Trinajstić information content (AvgIpc) is 2.78. The third kappa shape index (κ3) is 4.80. The van der Waals surface area contributed by atoms with E-state index in [4.69, 9.17) is 9.84 Å². The predicted octanol–water partition coefficient (Wildman–Crippen LogP) is -0.388. The van der Waals surface area contributed by atoms with Crippen molar-refractivity contribution in [3.05, 3.63) is 0 Å². The number of nitrogens with one attached hydrogen (secondary N) is 2. The number of ether oxygens (including phenoxy) is 1. The number of carbonyl (C=O) groups is 3. The molecule has 0 aliphatic heterocycles. The molecule has 2 amide bonds. The minimum Gasteiger partial charge on any atom is -0.481 e. The van der Waals surface area contributed by atoms with Crippen molar-refractivity contribution in [3.63, 3.8) is 0 Å². The first-order valence-corrected chi connectivity index (χ1v) is 6.71. The highest BCUT2D eigenvalue weighted by Gasteiger charge is 2.41. The average molecular weight is 286 g/mol. The van der Waals surface area contributed by atoms with Crippen LogP contribution in [0.25, 0.3) is 0 Å². The fourth-order valence-electron chi connectivity index (χ4n) is 2.51. The van der Waals surface area contributed by atoms with Crippen molar-refractivity contribution in [2.75, 3.05) is 26.8 Å². The quantitative estimate of drug-likeness (QED) is 0.553. The van der Waals surface area contributed by atoms with Crippen LogP contribution < -0.4 is 10.6 Å². The smallest absolute Gasteiger partial charge is 0.307 e. The van der Waals surface area contributed by atoms with E-state index in [1.165, 1.54) is 7.11 Å². The van der Waals surface area contributed by atoms with Gasteiger partial charge in [-0.1, -0.05) is 6.92 Å². The van der Waals surface area contributed by atoms with Gasteiger partial charge in [0.15, 0.2) is 0 Å². The molecular weight excluding hydrogens is 264 g/mol. The van der Waals surface area contributed by atoms with Crippen LogP contribution in [0, 0.1) is 17.8 Å². The van der Waals surface area contributed by atoms with Crippen LogP contribution in [-0.4, -0.2) is 49.7 Å². The highest BCUT2D eigenvalue weighted by molar-refractivity contribution is 5.88. The molecule has 3 atom stereocenters. The zero-order valence-electron chi connectivity index (χ0n) is 11.8. The molecule has 1 rings (SSSR count). The summed E-state index contributed by atoms with van der Waals surface area (Å²) in [4.78, 5) is 34.5. The van der Waals surface area contributed by atoms with Gasteiger partial charge in [0.2, 0.25) is 11.8 Å². The second-order valence-electron chi connectivity index (χ2n) is 5.19. The number of hydrogen-bond acceptors (Lipinski definition) is 4. The second-order valence-corrected chi connectivity index (χ2v) is 5.19. The third-order valence-electron chi connectivity index (χ3n) is 3.50. The molecule has 1 aliphatic carbocycles. The summed E-state index contributed by atoms with van der Waals surface area (Å²) < 4.78 is 4.78. The molecule has 114 valence electrons. The van der Waals surface area contributed by atoms with Gasteiger partial charge in [-0.2, -0.15) is 0 Å². The van der Waals surface area contributed by atoms with Crippen LogP contribution in [0.3, 0.4) is 0 Å². The fraction of sp³-hybridized carbons (Fsp3) is 0.769. The molecule has 3 N–H and O–H groups in total. The molecule has 7 heteroatoms. The lowest BCUT2D eigenvalue weighted by atomic mass is 9.95. The second kappa shape index (κ2) is 7.84. The minimum atomic E-state index is -0.945. The lowest BCUT2D eigenvalue weighted by molar-refractivity contribution is -0.146. The van der Waals surface area contributed by atoms with E-state index in [0.29, 0.717) is 26.0 Å². The molecule has 7 nitrogen and oxygen atoms in total. The Balaban J connectivity index is 2.38. The Morgan fingerprint density at radius 1 is 1.20 bits per heavy atom. The van der Waals surface area contributed by atoms with Gasteiger partial charge < -0.3 is 20.5 Å². The largest absolute Gasteiger partial charge is 0.481 e. The number of carbonyl (C=O) groups excluding carboxylic acids is 2. The Hall–Kier alpha value is -1.63. The summed E-state index contributed by atoms with van der Waals surface area (Å²) in [6.07, 6.45) is 1.06. The molecule has 20 heavy (non-hydrogen) atoms. The summed E-state index contributed by atoms with van der Waals surface area (Å²) in [5.41, 5.74) is 0. The highest BCUT2D eigenvalue weighted by Crippen LogP contribution is 2.36. The molecular formula is C13H22N2O5. The van der Waals surface area contributed by atoms with Crippen molar-refractivity contribution in [3.8, 4) is 0 Å². The van der Waals surface area contributed by atoms with E-state index in [9.17, 15) is 14.4 Å². The summed E-state index contributed by atoms with van der Waals surface area (Å²) in [7, 11) is 1.53. The van der Waals surface area contributed by atoms with Gasteiger partial charge in [-0.3, -0.25) is 14.4 Å². The molecule has 0 bridgehead atoms. The molecule has 3 unspecified atom stereocenters. The summed E-state index contributed by atoms with van der Waals surface area (Å²) in [5, 5.41) is 14.2. The van der Waals surface area contributed by atoms with E-state index >= 15 is 0 Å². The molecule has 0 aromatic carbocycles. The van der Waals surface area contributed by atoms with Gasteiger partial charge >= 0.3 is 5.97 Å². The van der Waals surface area contributed by atoms with E-state index in [0.717, 1.165) is 0 Å². The number of aliphatic carboxylic acids is 1. The molecule has 1 aliphatic rings. The first kappa shape index (κ1) is 16.4. The molecule has 0 spiro atoms. The molecule has 0 radical (unpaired) electrons. The number of carboxylic acids is 1. The molecule has 0 saturated heterocycles. The Bertz CT molecular complexity index is 372. The number of amides is 2. The normalized spacial score (nSPS) is 25.2. The van der Waals surface area contributed by atoms with Crippen molar-refractivity contribution in [2.45, 2.75) is 19.8 Å². The standard InChI is InChI=1S/C13H22N2O5/c1-8-5-9(10(6-8)13(18)19)12(17)15-7-11(16)14-3-4-20-2/h8-10H,3-7H2,1-2H3,(H,14,16)(H,15,17)(H,18,19). The van der Waals surface area contributed by atoms with Gasteiger partial charge in [0.1, 0.15) is 0 Å². The molecule has 1 fully saturated rings. The zero-order chi connectivity index (χ0) is 15.1. The van der Waals surface area contributed by atoms with Crippen LogP contribution in [0.4, 0.5) is 0 Å². The van der Waals surface area contributed by atoms with Crippen molar-refractivity contribution in [1.82, 2.24) is 10.6 Å². The maximum atomic E-state index is 12.0. The first-order valence-electron chi connectivity index (χ1n) is 6.71. The minimum absolute atomic E-state index is 0.139. The van der Waals surface area contributed by atoms with Crippen molar-refractivity contribution in [2.24, 2.45) is 17.8 Å². The van der Waals surface area contributed by atoms with Gasteiger partial charge in [0, 0.05) is 13.7 Å². The molecule has 1 saturated carbocycles. The van der Waals surface area contributed by atoms with Crippen LogP contribution in [-0.2, 0) is 19.1 Å². The molecule has 0 aromatic heterocycles. The molecule has 0 heterocycles. The van der Waals surface area contributed by atoms with E-state index in [1.54, 1.807) is 0 Å². The number of methoxy groups -OCH3 is 1. The van der Waals surface area contributed by atoms with Crippen LogP contribution in [0.2, 0.25) is 0 Å². The van der Waals surface area contributed by atoms with Crippen LogP contribution >= 0.6 is 0 Å². The van der Waals surface area contributed by atoms with Crippen LogP contribution in [0.1, 0.15) is 19.8 Å². The van der Waals surface area contributed by atoms with E-state index in [-0.39, 0.29) is 24.3 Å². The summed E-state index contributed by atoms with van der Waals surface area (Å²) in [6.45, 7) is 2.57. The van der Waals surface area contributed by atoms with Crippen LogP contribution in [0.5, 0.6) is 0 Å². The van der Waals surface area contributed by atoms with Gasteiger partial charge in [0.05, 0.1) is 25.0 Å². The van der Waals surface area contributed by atoms with E-state index in [2.05, 4.69) is 10.6 Å². The van der Waals surface area contributed by atoms with Gasteiger partial charge in [-0.05, 0) is 18.8 Å². The van der Waals surface area contributed by atoms with Crippen molar-refractivity contribution < 1.29 is 24.2 Å². The van der Waals surface area contributed by atoms with Crippen LogP contribution in [0.15, 0.2) is 0 Å².